The molecule has 1 aliphatic heterocycles. The summed E-state index contributed by atoms with van der Waals surface area (Å²) >= 11 is 1.85. The molecule has 48 valence electrons. The van der Waals surface area contributed by atoms with Crippen molar-refractivity contribution in [2.24, 2.45) is 0 Å². The lowest BCUT2D eigenvalue weighted by Crippen LogP contribution is -2.05. The van der Waals surface area contributed by atoms with Gasteiger partial charge in [0.05, 0.1) is 6.61 Å². The Morgan fingerprint density at radius 3 is 2.62 bits per heavy atom. The van der Waals surface area contributed by atoms with Crippen molar-refractivity contribution in [3.63, 3.8) is 0 Å². The summed E-state index contributed by atoms with van der Waals surface area (Å²) in [6, 6.07) is 0. The van der Waals surface area contributed by atoms with Crippen LogP contribution in [0.1, 0.15) is 0 Å². The van der Waals surface area contributed by atoms with Gasteiger partial charge in [-0.25, -0.2) is 4.67 Å². The third-order valence-electron chi connectivity index (χ3n) is 1.07. The average Bonchev–Trinajstić information content (AvgIpc) is 1.86. The Balaban J connectivity index is 2.69. The SMILES string of the molecule is CN1CCOP1(=O)I. The number of hydrogen-bond acceptors (Lipinski definition) is 2. The van der Waals surface area contributed by atoms with Crippen molar-refractivity contribution in [3.05, 3.63) is 0 Å². The average molecular weight is 247 g/mol. The molecule has 0 spiro atoms. The number of nitrogens with zero attached hydrogens (tertiary/aromatic N) is 1. The summed E-state index contributed by atoms with van der Waals surface area (Å²) in [5, 5.41) is -2.33. The third kappa shape index (κ3) is 1.23. The minimum absolute atomic E-state index is 0.608. The minimum atomic E-state index is -2.33. The van der Waals surface area contributed by atoms with Crippen molar-refractivity contribution in [1.82, 2.24) is 4.67 Å². The van der Waals surface area contributed by atoms with Gasteiger partial charge in [0.2, 0.25) is 0 Å². The zero-order valence-corrected chi connectivity index (χ0v) is 7.56. The first-order valence-electron chi connectivity index (χ1n) is 2.29. The van der Waals surface area contributed by atoms with Gasteiger partial charge in [-0.1, -0.05) is 0 Å². The van der Waals surface area contributed by atoms with Crippen LogP contribution in [0.3, 0.4) is 0 Å². The zero-order valence-electron chi connectivity index (χ0n) is 4.50. The Morgan fingerprint density at radius 1 is 1.88 bits per heavy atom. The summed E-state index contributed by atoms with van der Waals surface area (Å²) in [6.45, 7) is 1.40. The van der Waals surface area contributed by atoms with E-state index in [1.165, 1.54) is 0 Å². The van der Waals surface area contributed by atoms with Crippen LogP contribution in [0.4, 0.5) is 0 Å². The molecule has 0 N–H and O–H groups in total. The highest BCUT2D eigenvalue weighted by molar-refractivity contribution is 14.2. The second-order valence-electron chi connectivity index (χ2n) is 1.67. The van der Waals surface area contributed by atoms with Crippen LogP contribution >= 0.6 is 27.2 Å². The fourth-order valence-electron chi connectivity index (χ4n) is 0.504. The molecular formula is C3H7INO2P. The standard InChI is InChI=1S/C3H7INO2P/c1-5-2-3-7-8(5,4)6/h2-3H2,1H3. The van der Waals surface area contributed by atoms with Crippen molar-refractivity contribution in [1.29, 1.82) is 0 Å². The highest BCUT2D eigenvalue weighted by atomic mass is 127. The zero-order chi connectivity index (χ0) is 6.20. The molecule has 1 fully saturated rings. The van der Waals surface area contributed by atoms with E-state index in [-0.39, 0.29) is 0 Å². The highest BCUT2D eigenvalue weighted by Crippen LogP contribution is 2.60. The molecular weight excluding hydrogens is 240 g/mol. The Labute approximate surface area is 61.4 Å². The van der Waals surface area contributed by atoms with E-state index >= 15 is 0 Å². The molecule has 3 nitrogen and oxygen atoms in total. The molecule has 1 unspecified atom stereocenters. The number of rotatable bonds is 0. The summed E-state index contributed by atoms with van der Waals surface area (Å²) in [6.07, 6.45) is 0. The predicted molar refractivity (Wildman–Crippen MR) is 40.2 cm³/mol. The fourth-order valence-corrected chi connectivity index (χ4v) is 2.57. The lowest BCUT2D eigenvalue weighted by Gasteiger charge is -2.08. The predicted octanol–water partition coefficient (Wildman–Crippen LogP) is 1.49. The monoisotopic (exact) mass is 247 g/mol. The van der Waals surface area contributed by atoms with Gasteiger partial charge in [-0.15, -0.1) is 0 Å². The summed E-state index contributed by atoms with van der Waals surface area (Å²) in [4.78, 5) is 0. The van der Waals surface area contributed by atoms with E-state index in [2.05, 4.69) is 0 Å². The maximum absolute atomic E-state index is 11.0. The highest BCUT2D eigenvalue weighted by Gasteiger charge is 2.30. The van der Waals surface area contributed by atoms with Gasteiger partial charge in [-0.2, -0.15) is 0 Å². The van der Waals surface area contributed by atoms with Crippen LogP contribution in [0.15, 0.2) is 0 Å². The Hall–Kier alpha value is 0.880. The molecule has 1 heterocycles. The molecule has 0 aliphatic carbocycles. The van der Waals surface area contributed by atoms with E-state index in [0.29, 0.717) is 6.61 Å². The molecule has 0 aromatic carbocycles. The maximum Gasteiger partial charge on any atom is 0.329 e. The van der Waals surface area contributed by atoms with Crippen molar-refractivity contribution in [2.45, 2.75) is 0 Å². The van der Waals surface area contributed by atoms with E-state index in [1.807, 2.05) is 22.0 Å². The van der Waals surface area contributed by atoms with Crippen LogP contribution in [0.2, 0.25) is 0 Å². The Morgan fingerprint density at radius 2 is 2.50 bits per heavy atom. The topological polar surface area (TPSA) is 29.5 Å². The Bertz CT molecular complexity index is 139. The van der Waals surface area contributed by atoms with Gasteiger partial charge < -0.3 is 4.52 Å². The molecule has 0 aromatic rings. The summed E-state index contributed by atoms with van der Waals surface area (Å²) in [5.41, 5.74) is 0. The summed E-state index contributed by atoms with van der Waals surface area (Å²) in [7, 11) is 1.81. The lowest BCUT2D eigenvalue weighted by atomic mass is 10.7. The molecule has 5 heteroatoms. The number of likely N-dealkylation sites (N-methyl/N-ethyl adjacent to an activating group) is 1. The summed E-state index contributed by atoms with van der Waals surface area (Å²) < 4.78 is 17.7. The van der Waals surface area contributed by atoms with Gasteiger partial charge in [0.1, 0.15) is 0 Å². The maximum atomic E-state index is 11.0. The van der Waals surface area contributed by atoms with Crippen LogP contribution in [0.25, 0.3) is 0 Å². The molecule has 0 aromatic heterocycles. The first-order valence-corrected chi connectivity index (χ1v) is 6.65. The lowest BCUT2D eigenvalue weighted by molar-refractivity contribution is 0.372. The van der Waals surface area contributed by atoms with E-state index in [9.17, 15) is 4.57 Å². The molecule has 1 rings (SSSR count). The fraction of sp³-hybridized carbons (Fsp3) is 1.00. The minimum Gasteiger partial charge on any atom is -0.309 e. The van der Waals surface area contributed by atoms with Crippen LogP contribution in [-0.4, -0.2) is 24.9 Å². The molecule has 0 amide bonds. The largest absolute Gasteiger partial charge is 0.329 e. The Kier molecular flexibility index (Phi) is 1.97. The van der Waals surface area contributed by atoms with Crippen LogP contribution < -0.4 is 0 Å². The van der Waals surface area contributed by atoms with Crippen molar-refractivity contribution in [2.75, 3.05) is 20.2 Å². The summed E-state index contributed by atoms with van der Waals surface area (Å²) in [5.74, 6) is 0. The van der Waals surface area contributed by atoms with Crippen LogP contribution in [0.5, 0.6) is 0 Å². The van der Waals surface area contributed by atoms with Crippen LogP contribution in [0, 0.1) is 0 Å². The third-order valence-corrected chi connectivity index (χ3v) is 5.64. The molecule has 1 atom stereocenters. The van der Waals surface area contributed by atoms with Gasteiger partial charge in [0, 0.05) is 28.6 Å². The van der Waals surface area contributed by atoms with Gasteiger partial charge in [-0.3, -0.25) is 4.57 Å². The normalized spacial score (nSPS) is 40.8. The molecule has 8 heavy (non-hydrogen) atoms. The van der Waals surface area contributed by atoms with E-state index in [4.69, 9.17) is 4.52 Å². The quantitative estimate of drug-likeness (QED) is 0.479. The second-order valence-corrected chi connectivity index (χ2v) is 7.17. The van der Waals surface area contributed by atoms with Gasteiger partial charge in [0.15, 0.2) is 0 Å². The van der Waals surface area contributed by atoms with Crippen molar-refractivity contribution in [3.8, 4) is 0 Å². The molecule has 1 saturated heterocycles. The first kappa shape index (κ1) is 6.99. The van der Waals surface area contributed by atoms with E-state index < -0.39 is 5.16 Å². The molecule has 0 saturated carbocycles. The van der Waals surface area contributed by atoms with E-state index in [0.717, 1.165) is 6.54 Å². The van der Waals surface area contributed by atoms with E-state index in [1.54, 1.807) is 11.7 Å². The molecule has 1 aliphatic rings. The van der Waals surface area contributed by atoms with Crippen molar-refractivity contribution < 1.29 is 9.09 Å². The molecule has 0 radical (unpaired) electrons. The molecule has 0 bridgehead atoms. The van der Waals surface area contributed by atoms with Gasteiger partial charge in [-0.05, 0) is 7.05 Å². The number of hydrogen-bond donors (Lipinski definition) is 0. The first-order chi connectivity index (χ1) is 3.63. The van der Waals surface area contributed by atoms with Crippen LogP contribution in [-0.2, 0) is 9.09 Å². The second kappa shape index (κ2) is 2.25. The van der Waals surface area contributed by atoms with Crippen molar-refractivity contribution >= 4 is 27.2 Å². The van der Waals surface area contributed by atoms with Gasteiger partial charge in [0.25, 0.3) is 0 Å². The van der Waals surface area contributed by atoms with Gasteiger partial charge >= 0.3 is 5.16 Å². The number of halogens is 1. The smallest absolute Gasteiger partial charge is 0.309 e.